The number of carbonyl (C=O) groups excluding carboxylic acids is 1. The van der Waals surface area contributed by atoms with Crippen LogP contribution < -0.4 is 0 Å². The topological polar surface area (TPSA) is 50.2 Å². The van der Waals surface area contributed by atoms with Crippen LogP contribution >= 0.6 is 11.6 Å². The molecule has 0 fully saturated rings. The molecule has 2 aromatic rings. The molecule has 0 aliphatic rings. The van der Waals surface area contributed by atoms with E-state index in [-0.39, 0.29) is 17.2 Å². The molecule has 1 N–H and O–H groups in total. The van der Waals surface area contributed by atoms with Crippen molar-refractivity contribution < 1.29 is 9.90 Å². The second-order valence-electron chi connectivity index (χ2n) is 3.25. The lowest BCUT2D eigenvalue weighted by Crippen LogP contribution is -1.97. The lowest BCUT2D eigenvalue weighted by atomic mass is 10.1. The van der Waals surface area contributed by atoms with Crippen LogP contribution in [0.15, 0.2) is 24.3 Å². The van der Waals surface area contributed by atoms with E-state index in [1.54, 1.807) is 18.2 Å². The summed E-state index contributed by atoms with van der Waals surface area (Å²) in [5.41, 5.74) is 0.729. The van der Waals surface area contributed by atoms with Crippen molar-refractivity contribution >= 4 is 28.3 Å². The fourth-order valence-electron chi connectivity index (χ4n) is 1.40. The molecule has 1 aromatic carbocycles. The average molecular weight is 222 g/mol. The van der Waals surface area contributed by atoms with E-state index in [2.05, 4.69) is 4.98 Å². The Labute approximate surface area is 91.3 Å². The first-order valence-corrected chi connectivity index (χ1v) is 4.76. The molecule has 0 amide bonds. The van der Waals surface area contributed by atoms with Crippen molar-refractivity contribution in [1.82, 2.24) is 4.98 Å². The lowest BCUT2D eigenvalue weighted by molar-refractivity contribution is 0.101. The van der Waals surface area contributed by atoms with Crippen molar-refractivity contribution in [2.75, 3.05) is 0 Å². The van der Waals surface area contributed by atoms with Gasteiger partial charge in [0.25, 0.3) is 0 Å². The minimum absolute atomic E-state index is 0.0878. The summed E-state index contributed by atoms with van der Waals surface area (Å²) in [7, 11) is 0. The van der Waals surface area contributed by atoms with Crippen molar-refractivity contribution in [2.45, 2.75) is 6.92 Å². The van der Waals surface area contributed by atoms with E-state index >= 15 is 0 Å². The summed E-state index contributed by atoms with van der Waals surface area (Å²) in [6.45, 7) is 1.36. The maximum absolute atomic E-state index is 11.1. The van der Waals surface area contributed by atoms with Crippen LogP contribution in [-0.4, -0.2) is 15.9 Å². The molecule has 0 bridgehead atoms. The minimum Gasteiger partial charge on any atom is -0.506 e. The molecule has 76 valence electrons. The number of aromatic nitrogens is 1. The van der Waals surface area contributed by atoms with Gasteiger partial charge in [0.15, 0.2) is 5.78 Å². The van der Waals surface area contributed by atoms with E-state index in [1.165, 1.54) is 13.0 Å². The number of pyridine rings is 1. The van der Waals surface area contributed by atoms with Gasteiger partial charge in [-0.25, -0.2) is 4.98 Å². The SMILES string of the molecule is CC(=O)c1nc2ccc(Cl)cc2cc1O. The Hall–Kier alpha value is -1.61. The maximum atomic E-state index is 11.1. The van der Waals surface area contributed by atoms with Gasteiger partial charge in [0.1, 0.15) is 11.4 Å². The molecule has 2 rings (SSSR count). The van der Waals surface area contributed by atoms with Gasteiger partial charge in [-0.3, -0.25) is 4.79 Å². The summed E-state index contributed by atoms with van der Waals surface area (Å²) < 4.78 is 0. The number of aromatic hydroxyl groups is 1. The number of hydrogen-bond acceptors (Lipinski definition) is 3. The van der Waals surface area contributed by atoms with Crippen LogP contribution in [0.4, 0.5) is 0 Å². The average Bonchev–Trinajstić information content (AvgIpc) is 2.15. The van der Waals surface area contributed by atoms with Gasteiger partial charge in [-0.1, -0.05) is 11.6 Å². The van der Waals surface area contributed by atoms with Gasteiger partial charge in [-0.15, -0.1) is 0 Å². The molecule has 0 radical (unpaired) electrons. The number of carbonyl (C=O) groups is 1. The predicted octanol–water partition coefficient (Wildman–Crippen LogP) is 2.80. The number of halogens is 1. The molecule has 15 heavy (non-hydrogen) atoms. The predicted molar refractivity (Wildman–Crippen MR) is 58.4 cm³/mol. The zero-order valence-corrected chi connectivity index (χ0v) is 8.75. The summed E-state index contributed by atoms with van der Waals surface area (Å²) in [6.07, 6.45) is 0. The molecule has 0 spiro atoms. The number of rotatable bonds is 1. The summed E-state index contributed by atoms with van der Waals surface area (Å²) in [6, 6.07) is 6.58. The molecule has 0 aliphatic heterocycles. The van der Waals surface area contributed by atoms with E-state index in [4.69, 9.17) is 11.6 Å². The zero-order valence-electron chi connectivity index (χ0n) is 7.99. The molecule has 0 atom stereocenters. The van der Waals surface area contributed by atoms with Crippen LogP contribution in [-0.2, 0) is 0 Å². The van der Waals surface area contributed by atoms with Crippen molar-refractivity contribution in [1.29, 1.82) is 0 Å². The van der Waals surface area contributed by atoms with E-state index in [0.717, 1.165) is 0 Å². The highest BCUT2D eigenvalue weighted by Crippen LogP contribution is 2.24. The maximum Gasteiger partial charge on any atom is 0.181 e. The Bertz CT molecular complexity index is 552. The van der Waals surface area contributed by atoms with Gasteiger partial charge in [0.05, 0.1) is 5.52 Å². The third kappa shape index (κ3) is 1.78. The van der Waals surface area contributed by atoms with Gasteiger partial charge >= 0.3 is 0 Å². The molecule has 3 nitrogen and oxygen atoms in total. The Morgan fingerprint density at radius 2 is 2.13 bits per heavy atom. The zero-order chi connectivity index (χ0) is 11.0. The van der Waals surface area contributed by atoms with E-state index < -0.39 is 0 Å². The summed E-state index contributed by atoms with van der Waals surface area (Å²) in [5, 5.41) is 10.8. The largest absolute Gasteiger partial charge is 0.506 e. The second kappa shape index (κ2) is 3.51. The van der Waals surface area contributed by atoms with Crippen molar-refractivity contribution in [2.24, 2.45) is 0 Å². The first kappa shape index (κ1) is 9.93. The molecule has 4 heteroatoms. The molecule has 0 aliphatic carbocycles. The van der Waals surface area contributed by atoms with Crippen LogP contribution in [0.25, 0.3) is 10.9 Å². The molecule has 0 saturated carbocycles. The van der Waals surface area contributed by atoms with Crippen molar-refractivity contribution in [3.63, 3.8) is 0 Å². The standard InChI is InChI=1S/C11H8ClNO2/c1-6(14)11-10(15)5-7-4-8(12)2-3-9(7)13-11/h2-5,15H,1H3. The Kier molecular flexibility index (Phi) is 2.32. The second-order valence-corrected chi connectivity index (χ2v) is 3.69. The fraction of sp³-hybridized carbons (Fsp3) is 0.0909. The number of Topliss-reactive ketones (excluding diaryl/α,β-unsaturated/α-hetero) is 1. The monoisotopic (exact) mass is 221 g/mol. The van der Waals surface area contributed by atoms with Crippen molar-refractivity contribution in [3.05, 3.63) is 35.0 Å². The first-order valence-electron chi connectivity index (χ1n) is 4.38. The van der Waals surface area contributed by atoms with Crippen LogP contribution in [0.1, 0.15) is 17.4 Å². The smallest absolute Gasteiger partial charge is 0.181 e. The Morgan fingerprint density at radius 1 is 1.40 bits per heavy atom. The third-order valence-corrected chi connectivity index (χ3v) is 2.33. The Morgan fingerprint density at radius 3 is 2.80 bits per heavy atom. The Balaban J connectivity index is 2.76. The van der Waals surface area contributed by atoms with Gasteiger partial charge in [0.2, 0.25) is 0 Å². The normalized spacial score (nSPS) is 10.5. The van der Waals surface area contributed by atoms with E-state index in [9.17, 15) is 9.90 Å². The van der Waals surface area contributed by atoms with Crippen LogP contribution in [0.2, 0.25) is 5.02 Å². The highest BCUT2D eigenvalue weighted by atomic mass is 35.5. The summed E-state index contributed by atoms with van der Waals surface area (Å²) in [4.78, 5) is 15.2. The van der Waals surface area contributed by atoms with Gasteiger partial charge < -0.3 is 5.11 Å². The first-order chi connectivity index (χ1) is 7.08. The highest BCUT2D eigenvalue weighted by molar-refractivity contribution is 6.31. The van der Waals surface area contributed by atoms with Gasteiger partial charge in [0, 0.05) is 17.3 Å². The highest BCUT2D eigenvalue weighted by Gasteiger charge is 2.09. The molecule has 1 heterocycles. The van der Waals surface area contributed by atoms with Crippen LogP contribution in [0, 0.1) is 0 Å². The van der Waals surface area contributed by atoms with E-state index in [0.29, 0.717) is 15.9 Å². The molecule has 0 unspecified atom stereocenters. The molecular weight excluding hydrogens is 214 g/mol. The minimum atomic E-state index is -0.260. The lowest BCUT2D eigenvalue weighted by Gasteiger charge is -2.03. The van der Waals surface area contributed by atoms with Crippen LogP contribution in [0.3, 0.4) is 0 Å². The number of fused-ring (bicyclic) bond motifs is 1. The quantitative estimate of drug-likeness (QED) is 0.754. The number of hydrogen-bond donors (Lipinski definition) is 1. The van der Waals surface area contributed by atoms with Crippen LogP contribution in [0.5, 0.6) is 5.75 Å². The summed E-state index contributed by atoms with van der Waals surface area (Å²) >= 11 is 5.80. The number of ketones is 1. The third-order valence-electron chi connectivity index (χ3n) is 2.09. The van der Waals surface area contributed by atoms with E-state index in [1.807, 2.05) is 0 Å². The molecular formula is C11H8ClNO2. The van der Waals surface area contributed by atoms with Gasteiger partial charge in [-0.2, -0.15) is 0 Å². The molecule has 0 saturated heterocycles. The summed E-state index contributed by atoms with van der Waals surface area (Å²) in [5.74, 6) is -0.374. The number of nitrogens with zero attached hydrogens (tertiary/aromatic N) is 1. The van der Waals surface area contributed by atoms with Gasteiger partial charge in [-0.05, 0) is 24.3 Å². The van der Waals surface area contributed by atoms with Crippen molar-refractivity contribution in [3.8, 4) is 5.75 Å². The number of benzene rings is 1. The fourth-order valence-corrected chi connectivity index (χ4v) is 1.58. The molecule has 1 aromatic heterocycles.